The number of ether oxygens (including phenoxy) is 1. The lowest BCUT2D eigenvalue weighted by Gasteiger charge is -2.24. The minimum absolute atomic E-state index is 0.0926. The molecule has 2 rings (SSSR count). The molecule has 0 bridgehead atoms. The fraction of sp³-hybridized carbons (Fsp3) is 0.500. The van der Waals surface area contributed by atoms with Gasteiger partial charge in [-0.2, -0.15) is 0 Å². The van der Waals surface area contributed by atoms with Gasteiger partial charge in [0, 0.05) is 11.6 Å². The van der Waals surface area contributed by atoms with Crippen molar-refractivity contribution in [2.45, 2.75) is 26.4 Å². The van der Waals surface area contributed by atoms with Crippen molar-refractivity contribution in [3.63, 3.8) is 0 Å². The highest BCUT2D eigenvalue weighted by atomic mass is 35.5. The highest BCUT2D eigenvalue weighted by Gasteiger charge is 2.40. The molecule has 1 heterocycles. The second-order valence-electron chi connectivity index (χ2n) is 4.76. The molecule has 0 saturated carbocycles. The number of halogens is 1. The monoisotopic (exact) mass is 267 g/mol. The molecule has 0 spiro atoms. The van der Waals surface area contributed by atoms with Gasteiger partial charge in [-0.05, 0) is 37.1 Å². The molecule has 0 aliphatic carbocycles. The molecule has 98 valence electrons. The summed E-state index contributed by atoms with van der Waals surface area (Å²) in [5.41, 5.74) is 0.636. The molecule has 1 fully saturated rings. The average molecular weight is 268 g/mol. The van der Waals surface area contributed by atoms with Crippen molar-refractivity contribution in [1.82, 2.24) is 5.32 Å². The van der Waals surface area contributed by atoms with Gasteiger partial charge in [0.05, 0.1) is 5.41 Å². The van der Waals surface area contributed by atoms with E-state index in [-0.39, 0.29) is 11.4 Å². The summed E-state index contributed by atoms with van der Waals surface area (Å²) in [6.07, 6.45) is 1.68. The minimum atomic E-state index is -0.327. The number of hydrogen-bond donors (Lipinski definition) is 1. The van der Waals surface area contributed by atoms with Crippen LogP contribution >= 0.6 is 11.6 Å². The van der Waals surface area contributed by atoms with Crippen molar-refractivity contribution in [3.8, 4) is 0 Å². The first-order chi connectivity index (χ1) is 8.66. The molecule has 1 atom stereocenters. The van der Waals surface area contributed by atoms with E-state index < -0.39 is 0 Å². The molecule has 1 aliphatic rings. The summed E-state index contributed by atoms with van der Waals surface area (Å²) in [6.45, 7) is 3.97. The van der Waals surface area contributed by atoms with Gasteiger partial charge in [0.2, 0.25) is 0 Å². The first kappa shape index (κ1) is 13.4. The number of hydrogen-bond acceptors (Lipinski definition) is 3. The van der Waals surface area contributed by atoms with Crippen molar-refractivity contribution >= 4 is 17.6 Å². The van der Waals surface area contributed by atoms with Crippen LogP contribution in [-0.2, 0) is 16.1 Å². The Kier molecular flexibility index (Phi) is 4.25. The lowest BCUT2D eigenvalue weighted by atomic mass is 9.84. The predicted octanol–water partition coefficient (Wildman–Crippen LogP) is 2.77. The van der Waals surface area contributed by atoms with Crippen LogP contribution in [0, 0.1) is 5.41 Å². The van der Waals surface area contributed by atoms with Gasteiger partial charge in [-0.25, -0.2) is 0 Å². The molecule has 3 nitrogen and oxygen atoms in total. The fourth-order valence-corrected chi connectivity index (χ4v) is 2.37. The summed E-state index contributed by atoms with van der Waals surface area (Å²) in [5.74, 6) is -0.0926. The van der Waals surface area contributed by atoms with E-state index in [0.29, 0.717) is 11.6 Å². The predicted molar refractivity (Wildman–Crippen MR) is 71.5 cm³/mol. The van der Waals surface area contributed by atoms with Gasteiger partial charge in [-0.1, -0.05) is 30.7 Å². The summed E-state index contributed by atoms with van der Waals surface area (Å²) in [5, 5.41) is 3.92. The minimum Gasteiger partial charge on any atom is -0.460 e. The molecular weight excluding hydrogens is 250 g/mol. The summed E-state index contributed by atoms with van der Waals surface area (Å²) in [7, 11) is 0. The third-order valence-electron chi connectivity index (χ3n) is 3.64. The van der Waals surface area contributed by atoms with Crippen LogP contribution in [0.25, 0.3) is 0 Å². The molecule has 1 saturated heterocycles. The highest BCUT2D eigenvalue weighted by Crippen LogP contribution is 2.31. The smallest absolute Gasteiger partial charge is 0.313 e. The largest absolute Gasteiger partial charge is 0.460 e. The van der Waals surface area contributed by atoms with Crippen molar-refractivity contribution in [2.75, 3.05) is 13.1 Å². The van der Waals surface area contributed by atoms with Crippen molar-refractivity contribution in [2.24, 2.45) is 5.41 Å². The van der Waals surface area contributed by atoms with Gasteiger partial charge in [0.25, 0.3) is 0 Å². The van der Waals surface area contributed by atoms with Crippen LogP contribution in [0.2, 0.25) is 5.02 Å². The zero-order valence-electron chi connectivity index (χ0n) is 10.5. The SMILES string of the molecule is CCC1(C(=O)OCc2ccc(Cl)cc2)CCNC1. The molecule has 1 aromatic carbocycles. The highest BCUT2D eigenvalue weighted by molar-refractivity contribution is 6.30. The number of nitrogens with one attached hydrogen (secondary N) is 1. The van der Waals surface area contributed by atoms with Crippen molar-refractivity contribution in [3.05, 3.63) is 34.9 Å². The van der Waals surface area contributed by atoms with E-state index in [9.17, 15) is 4.79 Å². The molecule has 1 N–H and O–H groups in total. The van der Waals surface area contributed by atoms with E-state index in [2.05, 4.69) is 5.32 Å². The van der Waals surface area contributed by atoms with E-state index >= 15 is 0 Å². The summed E-state index contributed by atoms with van der Waals surface area (Å²) in [4.78, 5) is 12.2. The van der Waals surface area contributed by atoms with Crippen LogP contribution in [0.5, 0.6) is 0 Å². The van der Waals surface area contributed by atoms with Gasteiger partial charge >= 0.3 is 5.97 Å². The third-order valence-corrected chi connectivity index (χ3v) is 3.89. The van der Waals surface area contributed by atoms with Crippen LogP contribution < -0.4 is 5.32 Å². The quantitative estimate of drug-likeness (QED) is 0.853. The normalized spacial score (nSPS) is 23.0. The summed E-state index contributed by atoms with van der Waals surface area (Å²) >= 11 is 5.81. The first-order valence-electron chi connectivity index (χ1n) is 6.29. The maximum absolute atomic E-state index is 12.2. The number of carbonyl (C=O) groups excluding carboxylic acids is 1. The maximum Gasteiger partial charge on any atom is 0.313 e. The van der Waals surface area contributed by atoms with Crippen LogP contribution in [0.4, 0.5) is 0 Å². The van der Waals surface area contributed by atoms with Crippen LogP contribution in [0.15, 0.2) is 24.3 Å². The molecule has 1 aliphatic heterocycles. The molecule has 0 radical (unpaired) electrons. The second-order valence-corrected chi connectivity index (χ2v) is 5.20. The third kappa shape index (κ3) is 2.85. The number of carbonyl (C=O) groups is 1. The standard InChI is InChI=1S/C14H18ClNO2/c1-2-14(7-8-16-10-14)13(17)18-9-11-3-5-12(15)6-4-11/h3-6,16H,2,7-10H2,1H3. The van der Waals surface area contributed by atoms with E-state index in [4.69, 9.17) is 16.3 Å². The Morgan fingerprint density at radius 3 is 2.72 bits per heavy atom. The molecule has 18 heavy (non-hydrogen) atoms. The molecule has 0 aromatic heterocycles. The maximum atomic E-state index is 12.2. The zero-order valence-corrected chi connectivity index (χ0v) is 11.3. The molecule has 0 amide bonds. The van der Waals surface area contributed by atoms with E-state index in [1.165, 1.54) is 0 Å². The Hall–Kier alpha value is -1.06. The number of benzene rings is 1. The van der Waals surface area contributed by atoms with Crippen LogP contribution in [0.1, 0.15) is 25.3 Å². The van der Waals surface area contributed by atoms with Crippen LogP contribution in [-0.4, -0.2) is 19.1 Å². The average Bonchev–Trinajstić information content (AvgIpc) is 2.88. The Morgan fingerprint density at radius 1 is 1.44 bits per heavy atom. The molecule has 1 unspecified atom stereocenters. The van der Waals surface area contributed by atoms with Gasteiger partial charge in [0.1, 0.15) is 6.61 Å². The zero-order chi connectivity index (χ0) is 13.0. The van der Waals surface area contributed by atoms with Crippen molar-refractivity contribution in [1.29, 1.82) is 0 Å². The van der Waals surface area contributed by atoms with Gasteiger partial charge < -0.3 is 10.1 Å². The van der Waals surface area contributed by atoms with Crippen LogP contribution in [0.3, 0.4) is 0 Å². The first-order valence-corrected chi connectivity index (χ1v) is 6.66. The Balaban J connectivity index is 1.93. The van der Waals surface area contributed by atoms with E-state index in [0.717, 1.165) is 31.5 Å². The Bertz CT molecular complexity index is 410. The lowest BCUT2D eigenvalue weighted by molar-refractivity contribution is -0.156. The van der Waals surface area contributed by atoms with E-state index in [1.807, 2.05) is 19.1 Å². The number of rotatable bonds is 4. The van der Waals surface area contributed by atoms with Gasteiger partial charge in [0.15, 0.2) is 0 Å². The molecular formula is C14H18ClNO2. The Morgan fingerprint density at radius 2 is 2.17 bits per heavy atom. The fourth-order valence-electron chi connectivity index (χ4n) is 2.25. The molecule has 1 aromatic rings. The van der Waals surface area contributed by atoms with Crippen molar-refractivity contribution < 1.29 is 9.53 Å². The lowest BCUT2D eigenvalue weighted by Crippen LogP contribution is -2.34. The summed E-state index contributed by atoms with van der Waals surface area (Å²) < 4.78 is 5.42. The Labute approximate surface area is 112 Å². The topological polar surface area (TPSA) is 38.3 Å². The number of esters is 1. The molecule has 4 heteroatoms. The second kappa shape index (κ2) is 5.72. The van der Waals surface area contributed by atoms with E-state index in [1.54, 1.807) is 12.1 Å². The van der Waals surface area contributed by atoms with Gasteiger partial charge in [-0.15, -0.1) is 0 Å². The van der Waals surface area contributed by atoms with Gasteiger partial charge in [-0.3, -0.25) is 4.79 Å². The summed E-state index contributed by atoms with van der Waals surface area (Å²) in [6, 6.07) is 7.36.